The number of halogens is 2. The van der Waals surface area contributed by atoms with Crippen molar-refractivity contribution in [2.24, 2.45) is 0 Å². The Hall–Kier alpha value is -1.68. The Morgan fingerprint density at radius 2 is 1.81 bits per heavy atom. The van der Waals surface area contributed by atoms with Crippen LogP contribution in [0.3, 0.4) is 0 Å². The van der Waals surface area contributed by atoms with Crippen molar-refractivity contribution in [2.45, 2.75) is 36.9 Å². The van der Waals surface area contributed by atoms with Gasteiger partial charge in [-0.15, -0.1) is 0 Å². The van der Waals surface area contributed by atoms with Crippen LogP contribution in [-0.4, -0.2) is 62.6 Å². The molecule has 0 unspecified atom stereocenters. The molecule has 1 aliphatic rings. The monoisotopic (exact) mass is 500 g/mol. The highest BCUT2D eigenvalue weighted by Gasteiger charge is 2.23. The van der Waals surface area contributed by atoms with Gasteiger partial charge in [-0.2, -0.15) is 0 Å². The van der Waals surface area contributed by atoms with Crippen molar-refractivity contribution < 1.29 is 23.1 Å². The number of nitrogens with one attached hydrogen (secondary N) is 1. The van der Waals surface area contributed by atoms with E-state index in [1.807, 2.05) is 0 Å². The summed E-state index contributed by atoms with van der Waals surface area (Å²) in [7, 11) is -3.77. The minimum absolute atomic E-state index is 0.0390. The fourth-order valence-electron chi connectivity index (χ4n) is 3.47. The van der Waals surface area contributed by atoms with Gasteiger partial charge in [0.1, 0.15) is 11.9 Å². The Morgan fingerprint density at radius 1 is 1.16 bits per heavy atom. The number of ketones is 1. The van der Waals surface area contributed by atoms with Crippen molar-refractivity contribution in [2.75, 3.05) is 26.2 Å². The third-order valence-corrected chi connectivity index (χ3v) is 7.46. The van der Waals surface area contributed by atoms with E-state index in [0.717, 1.165) is 25.9 Å². The van der Waals surface area contributed by atoms with Crippen LogP contribution in [-0.2, 0) is 10.0 Å². The summed E-state index contributed by atoms with van der Waals surface area (Å²) in [6.07, 6.45) is 0.744. The number of aliphatic hydroxyl groups is 1. The van der Waals surface area contributed by atoms with Crippen molar-refractivity contribution in [1.82, 2.24) is 9.62 Å². The molecule has 1 fully saturated rings. The predicted octanol–water partition coefficient (Wildman–Crippen LogP) is 3.38. The average Bonchev–Trinajstić information content (AvgIpc) is 2.76. The van der Waals surface area contributed by atoms with Gasteiger partial charge < -0.3 is 14.7 Å². The topological polar surface area (TPSA) is 95.9 Å². The van der Waals surface area contributed by atoms with Crippen LogP contribution in [0.15, 0.2) is 47.4 Å². The predicted molar refractivity (Wildman–Crippen MR) is 124 cm³/mol. The SMILES string of the molecule is CC(=O)c1ccc(S(=O)(=O)NC[C@@H](O)CN2CCC(Oc3ccc(Cl)c(Cl)c3)CC2)cc1. The van der Waals surface area contributed by atoms with Crippen LogP contribution in [0.4, 0.5) is 0 Å². The summed E-state index contributed by atoms with van der Waals surface area (Å²) >= 11 is 11.9. The molecule has 1 heterocycles. The molecule has 7 nitrogen and oxygen atoms in total. The van der Waals surface area contributed by atoms with Gasteiger partial charge in [0.05, 0.1) is 21.0 Å². The third-order valence-electron chi connectivity index (χ3n) is 5.28. The van der Waals surface area contributed by atoms with Crippen LogP contribution in [0.25, 0.3) is 0 Å². The maximum Gasteiger partial charge on any atom is 0.240 e. The Bertz CT molecular complexity index is 1040. The molecule has 0 radical (unpaired) electrons. The lowest BCUT2D eigenvalue weighted by Crippen LogP contribution is -2.45. The first-order valence-electron chi connectivity index (χ1n) is 10.3. The van der Waals surface area contributed by atoms with E-state index in [2.05, 4.69) is 9.62 Å². The molecular weight excluding hydrogens is 475 g/mol. The molecule has 1 atom stereocenters. The molecule has 0 aromatic heterocycles. The van der Waals surface area contributed by atoms with E-state index in [4.69, 9.17) is 27.9 Å². The highest BCUT2D eigenvalue weighted by molar-refractivity contribution is 7.89. The van der Waals surface area contributed by atoms with Crippen molar-refractivity contribution >= 4 is 39.0 Å². The molecule has 0 saturated carbocycles. The van der Waals surface area contributed by atoms with Gasteiger partial charge in [-0.3, -0.25) is 4.79 Å². The Balaban J connectivity index is 1.43. The lowest BCUT2D eigenvalue weighted by molar-refractivity contribution is 0.0630. The molecule has 3 rings (SSSR count). The summed E-state index contributed by atoms with van der Waals surface area (Å²) in [5.41, 5.74) is 0.440. The molecule has 0 amide bonds. The van der Waals surface area contributed by atoms with Gasteiger partial charge in [0, 0.05) is 37.8 Å². The van der Waals surface area contributed by atoms with Crippen LogP contribution >= 0.6 is 23.2 Å². The Kier molecular flexibility index (Phi) is 8.55. The number of sulfonamides is 1. The number of likely N-dealkylation sites (tertiary alicyclic amines) is 1. The molecule has 32 heavy (non-hydrogen) atoms. The van der Waals surface area contributed by atoms with E-state index in [1.54, 1.807) is 18.2 Å². The van der Waals surface area contributed by atoms with Gasteiger partial charge in [0.15, 0.2) is 5.78 Å². The number of nitrogens with zero attached hydrogens (tertiary/aromatic N) is 1. The summed E-state index contributed by atoms with van der Waals surface area (Å²) in [5, 5.41) is 11.2. The Labute approximate surface area is 198 Å². The molecule has 2 N–H and O–H groups in total. The first kappa shape index (κ1) is 25.0. The van der Waals surface area contributed by atoms with Crippen LogP contribution in [0.5, 0.6) is 5.75 Å². The maximum atomic E-state index is 12.4. The van der Waals surface area contributed by atoms with Crippen LogP contribution in [0.2, 0.25) is 10.0 Å². The van der Waals surface area contributed by atoms with Gasteiger partial charge in [0.25, 0.3) is 0 Å². The number of hydrogen-bond acceptors (Lipinski definition) is 6. The molecule has 10 heteroatoms. The summed E-state index contributed by atoms with van der Waals surface area (Å²) in [6, 6.07) is 10.9. The largest absolute Gasteiger partial charge is 0.490 e. The molecule has 1 saturated heterocycles. The number of benzene rings is 2. The van der Waals surface area contributed by atoms with E-state index in [-0.39, 0.29) is 23.3 Å². The second-order valence-corrected chi connectivity index (χ2v) is 10.4. The number of hydrogen-bond donors (Lipinski definition) is 2. The van der Waals surface area contributed by atoms with Crippen molar-refractivity contribution in [1.29, 1.82) is 0 Å². The molecule has 0 spiro atoms. The smallest absolute Gasteiger partial charge is 0.240 e. The van der Waals surface area contributed by atoms with Gasteiger partial charge in [-0.05, 0) is 44.0 Å². The van der Waals surface area contributed by atoms with E-state index < -0.39 is 16.1 Å². The number of ether oxygens (including phenoxy) is 1. The number of β-amino-alcohol motifs (C(OH)–C–C–N with tert-alkyl or cyclic N) is 1. The Morgan fingerprint density at radius 3 is 2.41 bits per heavy atom. The minimum Gasteiger partial charge on any atom is -0.490 e. The number of carbonyl (C=O) groups is 1. The molecule has 174 valence electrons. The van der Waals surface area contributed by atoms with Crippen LogP contribution in [0.1, 0.15) is 30.1 Å². The average molecular weight is 501 g/mol. The van der Waals surface area contributed by atoms with Gasteiger partial charge in [0.2, 0.25) is 10.0 Å². The zero-order chi connectivity index (χ0) is 23.3. The summed E-state index contributed by atoms with van der Waals surface area (Å²) in [4.78, 5) is 13.5. The highest BCUT2D eigenvalue weighted by Crippen LogP contribution is 2.28. The summed E-state index contributed by atoms with van der Waals surface area (Å²) in [5.74, 6) is 0.534. The van der Waals surface area contributed by atoms with E-state index in [1.165, 1.54) is 31.2 Å². The van der Waals surface area contributed by atoms with Gasteiger partial charge in [-0.1, -0.05) is 35.3 Å². The summed E-state index contributed by atoms with van der Waals surface area (Å²) in [6.45, 7) is 3.12. The molecule has 0 aliphatic carbocycles. The molecule has 0 bridgehead atoms. The first-order valence-corrected chi connectivity index (χ1v) is 12.5. The number of Topliss-reactive ketones (excluding diaryl/α,β-unsaturated/α-hetero) is 1. The van der Waals surface area contributed by atoms with E-state index in [0.29, 0.717) is 27.9 Å². The van der Waals surface area contributed by atoms with E-state index >= 15 is 0 Å². The van der Waals surface area contributed by atoms with Gasteiger partial charge in [-0.25, -0.2) is 13.1 Å². The second-order valence-electron chi connectivity index (χ2n) is 7.78. The van der Waals surface area contributed by atoms with Crippen LogP contribution < -0.4 is 9.46 Å². The second kappa shape index (κ2) is 11.0. The number of piperidine rings is 1. The maximum absolute atomic E-state index is 12.4. The molecular formula is C22H26Cl2N2O5S. The van der Waals surface area contributed by atoms with Crippen molar-refractivity contribution in [3.8, 4) is 5.75 Å². The quantitative estimate of drug-likeness (QED) is 0.512. The number of carbonyl (C=O) groups excluding carboxylic acids is 1. The first-order chi connectivity index (χ1) is 15.1. The van der Waals surface area contributed by atoms with E-state index in [9.17, 15) is 18.3 Å². The fraction of sp³-hybridized carbons (Fsp3) is 0.409. The minimum atomic E-state index is -3.77. The number of rotatable bonds is 9. The fourth-order valence-corrected chi connectivity index (χ4v) is 4.83. The van der Waals surface area contributed by atoms with Crippen molar-refractivity contribution in [3.63, 3.8) is 0 Å². The molecule has 1 aliphatic heterocycles. The standard InChI is InChI=1S/C22H26Cl2N2O5S/c1-15(27)16-2-5-20(6-3-16)32(29,30)25-13-17(28)14-26-10-8-18(9-11-26)31-19-4-7-21(23)22(24)12-19/h2-7,12,17-18,25,28H,8-11,13-14H2,1H3/t17-/m1/s1. The molecule has 2 aromatic carbocycles. The molecule has 2 aromatic rings. The third kappa shape index (κ3) is 6.91. The lowest BCUT2D eigenvalue weighted by atomic mass is 10.1. The summed E-state index contributed by atoms with van der Waals surface area (Å²) < 4.78 is 33.2. The van der Waals surface area contributed by atoms with Crippen molar-refractivity contribution in [3.05, 3.63) is 58.1 Å². The highest BCUT2D eigenvalue weighted by atomic mass is 35.5. The van der Waals surface area contributed by atoms with Gasteiger partial charge >= 0.3 is 0 Å². The lowest BCUT2D eigenvalue weighted by Gasteiger charge is -2.33. The zero-order valence-electron chi connectivity index (χ0n) is 17.6. The number of aliphatic hydroxyl groups excluding tert-OH is 1. The van der Waals surface area contributed by atoms with Crippen LogP contribution in [0, 0.1) is 0 Å². The normalized spacial score (nSPS) is 16.6. The zero-order valence-corrected chi connectivity index (χ0v) is 20.0.